The Labute approximate surface area is 104 Å². The predicted octanol–water partition coefficient (Wildman–Crippen LogP) is 2.69. The fourth-order valence-electron chi connectivity index (χ4n) is 2.07. The minimum atomic E-state index is -0.855. The van der Waals surface area contributed by atoms with Crippen LogP contribution in [-0.4, -0.2) is 11.4 Å². The minimum absolute atomic E-state index is 0.121. The first-order chi connectivity index (χ1) is 8.01. The Bertz CT molecular complexity index is 444. The second kappa shape index (κ2) is 4.63. The molecule has 3 N–H and O–H groups in total. The first kappa shape index (κ1) is 12.3. The van der Waals surface area contributed by atoms with Crippen molar-refractivity contribution in [3.05, 3.63) is 29.0 Å². The van der Waals surface area contributed by atoms with Crippen LogP contribution >= 0.6 is 11.6 Å². The molecule has 1 aliphatic carbocycles. The smallest absolute Gasteiger partial charge is 0.244 e. The number of rotatable bonds is 2. The van der Waals surface area contributed by atoms with E-state index in [-0.39, 0.29) is 11.6 Å². The highest BCUT2D eigenvalue weighted by molar-refractivity contribution is 6.30. The van der Waals surface area contributed by atoms with Crippen LogP contribution in [0.3, 0.4) is 0 Å². The van der Waals surface area contributed by atoms with E-state index in [4.69, 9.17) is 17.3 Å². The van der Waals surface area contributed by atoms with Gasteiger partial charge in [0.25, 0.3) is 0 Å². The molecule has 0 bridgehead atoms. The van der Waals surface area contributed by atoms with Crippen LogP contribution in [0.15, 0.2) is 18.2 Å². The lowest BCUT2D eigenvalue weighted by Gasteiger charge is -2.22. The number of carbonyl (C=O) groups is 1. The molecule has 17 heavy (non-hydrogen) atoms. The molecule has 1 aromatic carbocycles. The zero-order valence-corrected chi connectivity index (χ0v) is 10.1. The number of hydrogen-bond donors (Lipinski definition) is 2. The molecule has 0 aromatic heterocycles. The Morgan fingerprint density at radius 1 is 1.41 bits per heavy atom. The maximum atomic E-state index is 13.5. The third-order valence-corrected chi connectivity index (χ3v) is 3.36. The van der Waals surface area contributed by atoms with Gasteiger partial charge < -0.3 is 11.1 Å². The summed E-state index contributed by atoms with van der Waals surface area (Å²) >= 11 is 5.63. The van der Waals surface area contributed by atoms with Gasteiger partial charge in [0, 0.05) is 5.02 Å². The van der Waals surface area contributed by atoms with Crippen molar-refractivity contribution in [3.63, 3.8) is 0 Å². The maximum absolute atomic E-state index is 13.5. The third kappa shape index (κ3) is 2.58. The fraction of sp³-hybridized carbons (Fsp3) is 0.417. The molecule has 3 nitrogen and oxygen atoms in total. The molecule has 1 amide bonds. The molecule has 0 saturated heterocycles. The Balaban J connectivity index is 2.13. The van der Waals surface area contributed by atoms with E-state index < -0.39 is 11.4 Å². The summed E-state index contributed by atoms with van der Waals surface area (Å²) in [6.07, 6.45) is 3.17. The molecule has 1 aliphatic rings. The number of anilines is 1. The van der Waals surface area contributed by atoms with E-state index in [1.54, 1.807) is 0 Å². The van der Waals surface area contributed by atoms with Crippen LogP contribution in [0.5, 0.6) is 0 Å². The topological polar surface area (TPSA) is 55.1 Å². The number of hydrogen-bond acceptors (Lipinski definition) is 2. The minimum Gasteiger partial charge on any atom is -0.322 e. The fourth-order valence-corrected chi connectivity index (χ4v) is 2.23. The van der Waals surface area contributed by atoms with Crippen molar-refractivity contribution >= 4 is 23.2 Å². The Morgan fingerprint density at radius 2 is 2.06 bits per heavy atom. The van der Waals surface area contributed by atoms with Crippen LogP contribution in [0.4, 0.5) is 10.1 Å². The molecule has 0 heterocycles. The van der Waals surface area contributed by atoms with Gasteiger partial charge in [-0.15, -0.1) is 0 Å². The number of nitrogens with one attached hydrogen (secondary N) is 1. The Morgan fingerprint density at radius 3 is 2.65 bits per heavy atom. The van der Waals surface area contributed by atoms with Crippen molar-refractivity contribution in [2.75, 3.05) is 5.32 Å². The van der Waals surface area contributed by atoms with Gasteiger partial charge in [-0.05, 0) is 31.0 Å². The van der Waals surface area contributed by atoms with E-state index in [0.29, 0.717) is 17.9 Å². The summed E-state index contributed by atoms with van der Waals surface area (Å²) in [4.78, 5) is 11.9. The zero-order chi connectivity index (χ0) is 12.5. The molecule has 1 fully saturated rings. The monoisotopic (exact) mass is 256 g/mol. The lowest BCUT2D eigenvalue weighted by molar-refractivity contribution is -0.121. The first-order valence-corrected chi connectivity index (χ1v) is 5.94. The van der Waals surface area contributed by atoms with Gasteiger partial charge in [-0.2, -0.15) is 0 Å². The summed E-state index contributed by atoms with van der Waals surface area (Å²) in [5, 5.41) is 2.82. The van der Waals surface area contributed by atoms with Crippen LogP contribution in [0.2, 0.25) is 5.02 Å². The van der Waals surface area contributed by atoms with E-state index in [1.807, 2.05) is 0 Å². The summed E-state index contributed by atoms with van der Waals surface area (Å²) in [5.74, 6) is -0.872. The molecule has 0 radical (unpaired) electrons. The molecule has 0 unspecified atom stereocenters. The lowest BCUT2D eigenvalue weighted by atomic mass is 9.98. The van der Waals surface area contributed by atoms with E-state index in [1.165, 1.54) is 12.1 Å². The number of nitrogens with two attached hydrogens (primary N) is 1. The van der Waals surface area contributed by atoms with Crippen LogP contribution in [0, 0.1) is 5.82 Å². The highest BCUT2D eigenvalue weighted by Crippen LogP contribution is 2.29. The molecule has 0 atom stereocenters. The number of benzene rings is 1. The van der Waals surface area contributed by atoms with E-state index in [2.05, 4.69) is 5.32 Å². The van der Waals surface area contributed by atoms with E-state index in [9.17, 15) is 9.18 Å². The van der Waals surface area contributed by atoms with Crippen molar-refractivity contribution < 1.29 is 9.18 Å². The first-order valence-electron chi connectivity index (χ1n) is 5.57. The van der Waals surface area contributed by atoms with Gasteiger partial charge in [0.15, 0.2) is 0 Å². The highest BCUT2D eigenvalue weighted by Gasteiger charge is 2.37. The quantitative estimate of drug-likeness (QED) is 0.855. The van der Waals surface area contributed by atoms with E-state index >= 15 is 0 Å². The largest absolute Gasteiger partial charge is 0.322 e. The van der Waals surface area contributed by atoms with Gasteiger partial charge in [-0.25, -0.2) is 4.39 Å². The number of halogens is 2. The van der Waals surface area contributed by atoms with Crippen molar-refractivity contribution in [1.29, 1.82) is 0 Å². The predicted molar refractivity (Wildman–Crippen MR) is 65.4 cm³/mol. The summed E-state index contributed by atoms with van der Waals surface area (Å²) in [6.45, 7) is 0. The standard InChI is InChI=1S/C12H14ClFN2O/c13-8-3-4-10(9(14)7-8)16-11(17)12(15)5-1-2-6-12/h3-4,7H,1-2,5-6,15H2,(H,16,17). The lowest BCUT2D eigenvalue weighted by Crippen LogP contribution is -2.48. The van der Waals surface area contributed by atoms with Crippen molar-refractivity contribution in [2.45, 2.75) is 31.2 Å². The summed E-state index contributed by atoms with van der Waals surface area (Å²) in [6, 6.07) is 4.13. The van der Waals surface area contributed by atoms with Crippen molar-refractivity contribution in [2.24, 2.45) is 5.73 Å². The normalized spacial score (nSPS) is 18.1. The molecule has 1 saturated carbocycles. The highest BCUT2D eigenvalue weighted by atomic mass is 35.5. The zero-order valence-electron chi connectivity index (χ0n) is 9.30. The average molecular weight is 257 g/mol. The summed E-state index contributed by atoms with van der Waals surface area (Å²) in [5.41, 5.74) is 5.24. The van der Waals surface area contributed by atoms with E-state index in [0.717, 1.165) is 18.9 Å². The molecular formula is C12H14ClFN2O. The Hall–Kier alpha value is -1.13. The Kier molecular flexibility index (Phi) is 3.35. The summed E-state index contributed by atoms with van der Waals surface area (Å²) < 4.78 is 13.5. The van der Waals surface area contributed by atoms with Gasteiger partial charge in [0.1, 0.15) is 5.82 Å². The van der Waals surface area contributed by atoms with Gasteiger partial charge in [-0.1, -0.05) is 24.4 Å². The molecular weight excluding hydrogens is 243 g/mol. The van der Waals surface area contributed by atoms with Crippen LogP contribution < -0.4 is 11.1 Å². The van der Waals surface area contributed by atoms with Crippen LogP contribution in [0.25, 0.3) is 0 Å². The summed E-state index contributed by atoms with van der Waals surface area (Å²) in [7, 11) is 0. The SMILES string of the molecule is NC1(C(=O)Nc2ccc(Cl)cc2F)CCCC1. The average Bonchev–Trinajstić information content (AvgIpc) is 2.71. The molecule has 5 heteroatoms. The van der Waals surface area contributed by atoms with Crippen LogP contribution in [0.1, 0.15) is 25.7 Å². The number of amides is 1. The second-order valence-corrected chi connectivity index (χ2v) is 4.88. The van der Waals surface area contributed by atoms with Gasteiger partial charge in [-0.3, -0.25) is 4.79 Å². The second-order valence-electron chi connectivity index (χ2n) is 4.44. The maximum Gasteiger partial charge on any atom is 0.244 e. The van der Waals surface area contributed by atoms with Gasteiger partial charge in [0.05, 0.1) is 11.2 Å². The molecule has 92 valence electrons. The third-order valence-electron chi connectivity index (χ3n) is 3.13. The van der Waals surface area contributed by atoms with Crippen LogP contribution in [-0.2, 0) is 4.79 Å². The molecule has 0 aliphatic heterocycles. The van der Waals surface area contributed by atoms with Crippen molar-refractivity contribution in [3.8, 4) is 0 Å². The van der Waals surface area contributed by atoms with Crippen molar-refractivity contribution in [1.82, 2.24) is 0 Å². The molecule has 2 rings (SSSR count). The molecule has 0 spiro atoms. The number of carbonyl (C=O) groups excluding carboxylic acids is 1. The van der Waals surface area contributed by atoms with Gasteiger partial charge in [0.2, 0.25) is 5.91 Å². The molecule has 1 aromatic rings. The van der Waals surface area contributed by atoms with Gasteiger partial charge >= 0.3 is 0 Å².